The summed E-state index contributed by atoms with van der Waals surface area (Å²) in [5.41, 5.74) is -1.18. The number of ether oxygens (including phenoxy) is 1. The molecule has 2 N–H and O–H groups in total. The minimum atomic E-state index is -4.52. The Hall–Kier alpha value is -2.81. The normalized spacial score (nSPS) is 11.2. The molecule has 25 heavy (non-hydrogen) atoms. The Bertz CT molecular complexity index is 831. The molecular weight excluding hydrogens is 341 g/mol. The van der Waals surface area contributed by atoms with Crippen LogP contribution in [0.4, 0.5) is 18.9 Å². The molecule has 0 fully saturated rings. The molecule has 1 heterocycles. The van der Waals surface area contributed by atoms with Crippen molar-refractivity contribution in [3.63, 3.8) is 0 Å². The molecule has 2 aromatic rings. The van der Waals surface area contributed by atoms with Gasteiger partial charge in [0.2, 0.25) is 11.3 Å². The lowest BCUT2D eigenvalue weighted by Gasteiger charge is -2.14. The summed E-state index contributed by atoms with van der Waals surface area (Å²) in [7, 11) is 1.28. The molecular formula is C16H15F3N2O4. The number of amides is 1. The van der Waals surface area contributed by atoms with E-state index in [0.29, 0.717) is 0 Å². The molecule has 0 aliphatic rings. The first kappa shape index (κ1) is 18.5. The van der Waals surface area contributed by atoms with Gasteiger partial charge in [0.15, 0.2) is 5.75 Å². The molecule has 1 aromatic carbocycles. The van der Waals surface area contributed by atoms with Gasteiger partial charge in [0, 0.05) is 17.4 Å². The molecule has 0 radical (unpaired) electrons. The molecule has 2 rings (SSSR count). The number of anilines is 1. The van der Waals surface area contributed by atoms with Crippen LogP contribution in [0.25, 0.3) is 0 Å². The van der Waals surface area contributed by atoms with Crippen molar-refractivity contribution in [2.75, 3.05) is 12.4 Å². The van der Waals surface area contributed by atoms with E-state index in [2.05, 4.69) is 5.32 Å². The number of halogens is 3. The molecule has 1 aromatic heterocycles. The maximum absolute atomic E-state index is 12.7. The summed E-state index contributed by atoms with van der Waals surface area (Å²) in [6, 6.07) is 5.34. The van der Waals surface area contributed by atoms with Crippen molar-refractivity contribution >= 4 is 11.6 Å². The fourth-order valence-corrected chi connectivity index (χ4v) is 2.16. The fourth-order valence-electron chi connectivity index (χ4n) is 2.16. The molecule has 134 valence electrons. The molecule has 0 spiro atoms. The van der Waals surface area contributed by atoms with Crippen LogP contribution in [0, 0.1) is 0 Å². The number of methoxy groups -OCH3 is 1. The predicted molar refractivity (Wildman–Crippen MR) is 83.3 cm³/mol. The van der Waals surface area contributed by atoms with Gasteiger partial charge in [-0.05, 0) is 18.2 Å². The van der Waals surface area contributed by atoms with Gasteiger partial charge in [-0.2, -0.15) is 13.2 Å². The van der Waals surface area contributed by atoms with E-state index < -0.39 is 29.7 Å². The summed E-state index contributed by atoms with van der Waals surface area (Å²) in [4.78, 5) is 23.7. The van der Waals surface area contributed by atoms with Gasteiger partial charge in [-0.3, -0.25) is 9.59 Å². The summed E-state index contributed by atoms with van der Waals surface area (Å²) < 4.78 is 44.2. The van der Waals surface area contributed by atoms with E-state index in [1.807, 2.05) is 0 Å². The van der Waals surface area contributed by atoms with E-state index >= 15 is 0 Å². The molecule has 9 heteroatoms. The van der Waals surface area contributed by atoms with Gasteiger partial charge in [-0.25, -0.2) is 0 Å². The number of benzene rings is 1. The monoisotopic (exact) mass is 356 g/mol. The first-order valence-corrected chi connectivity index (χ1v) is 7.10. The highest BCUT2D eigenvalue weighted by molar-refractivity contribution is 5.90. The van der Waals surface area contributed by atoms with Crippen molar-refractivity contribution in [1.29, 1.82) is 0 Å². The third-order valence-electron chi connectivity index (χ3n) is 3.35. The summed E-state index contributed by atoms with van der Waals surface area (Å²) in [5.74, 6) is -0.649. The second kappa shape index (κ2) is 7.39. The van der Waals surface area contributed by atoms with Crippen molar-refractivity contribution in [3.05, 3.63) is 58.0 Å². The minimum Gasteiger partial charge on any atom is -0.491 e. The van der Waals surface area contributed by atoms with E-state index in [1.54, 1.807) is 0 Å². The van der Waals surface area contributed by atoms with Crippen LogP contribution in [0.2, 0.25) is 0 Å². The number of hydrogen-bond acceptors (Lipinski definition) is 4. The average Bonchev–Trinajstić information content (AvgIpc) is 2.55. The number of nitrogens with zero attached hydrogens (tertiary/aromatic N) is 1. The van der Waals surface area contributed by atoms with Gasteiger partial charge in [0.25, 0.3) is 0 Å². The van der Waals surface area contributed by atoms with Crippen LogP contribution in [-0.2, 0) is 24.1 Å². The Morgan fingerprint density at radius 3 is 2.64 bits per heavy atom. The Kier molecular flexibility index (Phi) is 5.48. The number of hydrogen-bond donors (Lipinski definition) is 2. The van der Waals surface area contributed by atoms with Crippen LogP contribution < -0.4 is 15.5 Å². The molecule has 0 bridgehead atoms. The van der Waals surface area contributed by atoms with Crippen LogP contribution >= 0.6 is 0 Å². The lowest BCUT2D eigenvalue weighted by Crippen LogP contribution is -2.23. The molecule has 0 saturated carbocycles. The van der Waals surface area contributed by atoms with Gasteiger partial charge in [-0.1, -0.05) is 6.07 Å². The lowest BCUT2D eigenvalue weighted by molar-refractivity contribution is -0.137. The highest BCUT2D eigenvalue weighted by Crippen LogP contribution is 2.30. The van der Waals surface area contributed by atoms with Gasteiger partial charge < -0.3 is 19.7 Å². The topological polar surface area (TPSA) is 80.6 Å². The van der Waals surface area contributed by atoms with Crippen LogP contribution in [0.3, 0.4) is 0 Å². The summed E-state index contributed by atoms with van der Waals surface area (Å²) in [6.45, 7) is -0.807. The van der Waals surface area contributed by atoms with E-state index in [1.165, 1.54) is 30.0 Å². The molecule has 0 aliphatic carbocycles. The number of pyridine rings is 1. The average molecular weight is 356 g/mol. The molecule has 0 saturated heterocycles. The van der Waals surface area contributed by atoms with Crippen LogP contribution in [0.5, 0.6) is 5.75 Å². The van der Waals surface area contributed by atoms with Crippen molar-refractivity contribution in [1.82, 2.24) is 4.57 Å². The highest BCUT2D eigenvalue weighted by atomic mass is 19.4. The number of carbonyl (C=O) groups is 1. The van der Waals surface area contributed by atoms with E-state index in [4.69, 9.17) is 4.74 Å². The second-order valence-electron chi connectivity index (χ2n) is 5.11. The quantitative estimate of drug-likeness (QED) is 0.859. The van der Waals surface area contributed by atoms with Crippen LogP contribution in [-0.4, -0.2) is 22.7 Å². The smallest absolute Gasteiger partial charge is 0.416 e. The van der Waals surface area contributed by atoms with Crippen molar-refractivity contribution < 1.29 is 27.8 Å². The standard InChI is InChI=1S/C16H15F3N2O4/c1-25-14-7-21(12(9-22)6-13(14)23)8-15(24)20-11-4-2-3-10(5-11)16(17,18)19/h2-7,22H,8-9H2,1H3,(H,20,24). The van der Waals surface area contributed by atoms with Crippen molar-refractivity contribution in [3.8, 4) is 5.75 Å². The fraction of sp³-hybridized carbons (Fsp3) is 0.250. The number of carbonyl (C=O) groups excluding carboxylic acids is 1. The third kappa shape index (κ3) is 4.60. The minimum absolute atomic E-state index is 0.0154. The van der Waals surface area contributed by atoms with Crippen LogP contribution in [0.15, 0.2) is 41.3 Å². The Labute approximate surface area is 140 Å². The summed E-state index contributed by atoms with van der Waals surface area (Å²) >= 11 is 0. The number of aliphatic hydroxyl groups excluding tert-OH is 1. The first-order valence-electron chi connectivity index (χ1n) is 7.10. The van der Waals surface area contributed by atoms with E-state index in [0.717, 1.165) is 18.2 Å². The SMILES string of the molecule is COc1cn(CC(=O)Nc2cccc(C(F)(F)F)c2)c(CO)cc1=O. The van der Waals surface area contributed by atoms with Crippen LogP contribution in [0.1, 0.15) is 11.3 Å². The van der Waals surface area contributed by atoms with Crippen molar-refractivity contribution in [2.45, 2.75) is 19.3 Å². The lowest BCUT2D eigenvalue weighted by atomic mass is 10.2. The highest BCUT2D eigenvalue weighted by Gasteiger charge is 2.30. The number of aliphatic hydroxyl groups is 1. The number of rotatable bonds is 5. The molecule has 1 amide bonds. The number of aromatic nitrogens is 1. The summed E-state index contributed by atoms with van der Waals surface area (Å²) in [5, 5.41) is 11.6. The maximum atomic E-state index is 12.7. The zero-order valence-electron chi connectivity index (χ0n) is 13.1. The number of alkyl halides is 3. The maximum Gasteiger partial charge on any atom is 0.416 e. The van der Waals surface area contributed by atoms with Gasteiger partial charge >= 0.3 is 6.18 Å². The molecule has 0 atom stereocenters. The Morgan fingerprint density at radius 2 is 2.04 bits per heavy atom. The Morgan fingerprint density at radius 1 is 1.32 bits per heavy atom. The largest absolute Gasteiger partial charge is 0.491 e. The second-order valence-corrected chi connectivity index (χ2v) is 5.11. The zero-order chi connectivity index (χ0) is 18.6. The first-order chi connectivity index (χ1) is 11.7. The summed E-state index contributed by atoms with van der Waals surface area (Å²) in [6.07, 6.45) is -3.27. The molecule has 0 unspecified atom stereocenters. The molecule has 6 nitrogen and oxygen atoms in total. The Balaban J connectivity index is 2.20. The predicted octanol–water partition coefficient (Wildman–Crippen LogP) is 2.01. The zero-order valence-corrected chi connectivity index (χ0v) is 13.1. The van der Waals surface area contributed by atoms with Crippen molar-refractivity contribution in [2.24, 2.45) is 0 Å². The van der Waals surface area contributed by atoms with Gasteiger partial charge in [-0.15, -0.1) is 0 Å². The van der Waals surface area contributed by atoms with E-state index in [9.17, 15) is 27.9 Å². The van der Waals surface area contributed by atoms with E-state index in [-0.39, 0.29) is 23.7 Å². The molecule has 0 aliphatic heterocycles. The third-order valence-corrected chi connectivity index (χ3v) is 3.35. The number of nitrogens with one attached hydrogen (secondary N) is 1. The van der Waals surface area contributed by atoms with Gasteiger partial charge in [0.1, 0.15) is 6.54 Å². The van der Waals surface area contributed by atoms with Gasteiger partial charge in [0.05, 0.1) is 25.5 Å².